The number of nitrogens with zero attached hydrogens (tertiary/aromatic N) is 2. The van der Waals surface area contributed by atoms with Crippen molar-refractivity contribution in [3.63, 3.8) is 0 Å². The van der Waals surface area contributed by atoms with Crippen LogP contribution in [-0.2, 0) is 10.0 Å². The van der Waals surface area contributed by atoms with E-state index in [1.165, 1.54) is 0 Å². The quantitative estimate of drug-likeness (QED) is 0.854. The molecule has 0 bridgehead atoms. The lowest BCUT2D eigenvalue weighted by Gasteiger charge is -2.30. The Hall–Kier alpha value is -0.920. The third-order valence-corrected chi connectivity index (χ3v) is 6.14. The zero-order valence-electron chi connectivity index (χ0n) is 13.5. The molecule has 1 atom stereocenters. The van der Waals surface area contributed by atoms with Gasteiger partial charge in [-0.25, -0.2) is 8.42 Å². The fourth-order valence-corrected chi connectivity index (χ4v) is 4.57. The van der Waals surface area contributed by atoms with E-state index >= 15 is 0 Å². The Balaban J connectivity index is 0.00000144. The number of rotatable bonds is 2. The zero-order valence-corrected chi connectivity index (χ0v) is 16.0. The number of hydrogen-bond donors (Lipinski definition) is 1. The van der Waals surface area contributed by atoms with Crippen molar-refractivity contribution in [1.29, 1.82) is 0 Å². The highest BCUT2D eigenvalue weighted by atomic mass is 35.5. The largest absolute Gasteiger partial charge is 0.315 e. The predicted octanol–water partition coefficient (Wildman–Crippen LogP) is 2.84. The van der Waals surface area contributed by atoms with Gasteiger partial charge in [-0.1, -0.05) is 6.07 Å². The van der Waals surface area contributed by atoms with Gasteiger partial charge >= 0.3 is 0 Å². The number of halogens is 2. The van der Waals surface area contributed by atoms with Gasteiger partial charge in [-0.05, 0) is 49.9 Å². The first-order valence-electron chi connectivity index (χ1n) is 7.65. The highest BCUT2D eigenvalue weighted by Crippen LogP contribution is 2.23. The Bertz CT molecular complexity index is 771. The minimum Gasteiger partial charge on any atom is -0.315 e. The van der Waals surface area contributed by atoms with Crippen LogP contribution in [0.25, 0.3) is 10.8 Å². The maximum Gasteiger partial charge on any atom is 0.243 e. The molecule has 1 unspecified atom stereocenters. The van der Waals surface area contributed by atoms with Crippen LogP contribution in [0, 0.1) is 0 Å². The van der Waals surface area contributed by atoms with Crippen LogP contribution >= 0.6 is 24.8 Å². The van der Waals surface area contributed by atoms with Gasteiger partial charge in [0.25, 0.3) is 0 Å². The SMILES string of the molecule is CC1CNCCCCN1S(=O)(=O)c1ccc2cnccc2c1.Cl.Cl. The summed E-state index contributed by atoms with van der Waals surface area (Å²) in [6.45, 7) is 4.19. The van der Waals surface area contributed by atoms with Gasteiger partial charge in [-0.15, -0.1) is 24.8 Å². The summed E-state index contributed by atoms with van der Waals surface area (Å²) in [4.78, 5) is 4.42. The number of benzene rings is 1. The molecule has 0 aliphatic carbocycles. The summed E-state index contributed by atoms with van der Waals surface area (Å²) in [5.74, 6) is 0. The predicted molar refractivity (Wildman–Crippen MR) is 102 cm³/mol. The van der Waals surface area contributed by atoms with Crippen LogP contribution in [0.3, 0.4) is 0 Å². The minimum absolute atomic E-state index is 0. The third kappa shape index (κ3) is 4.37. The second kappa shape index (κ2) is 8.97. The molecule has 3 rings (SSSR count). The Labute approximate surface area is 155 Å². The van der Waals surface area contributed by atoms with E-state index in [-0.39, 0.29) is 30.9 Å². The van der Waals surface area contributed by atoms with Gasteiger partial charge in [-0.2, -0.15) is 4.31 Å². The molecule has 1 fully saturated rings. The van der Waals surface area contributed by atoms with Gasteiger partial charge in [0.15, 0.2) is 0 Å². The Kier molecular flexibility index (Phi) is 7.89. The van der Waals surface area contributed by atoms with Crippen molar-refractivity contribution in [1.82, 2.24) is 14.6 Å². The second-order valence-corrected chi connectivity index (χ2v) is 7.65. The molecule has 8 heteroatoms. The fraction of sp³-hybridized carbons (Fsp3) is 0.438. The van der Waals surface area contributed by atoms with E-state index in [9.17, 15) is 8.42 Å². The highest BCUT2D eigenvalue weighted by Gasteiger charge is 2.29. The Morgan fingerprint density at radius 1 is 1.17 bits per heavy atom. The normalized spacial score (nSPS) is 19.6. The van der Waals surface area contributed by atoms with E-state index in [1.54, 1.807) is 28.8 Å². The van der Waals surface area contributed by atoms with Crippen LogP contribution in [-0.4, -0.2) is 43.4 Å². The molecule has 0 saturated carbocycles. The van der Waals surface area contributed by atoms with Crippen molar-refractivity contribution in [2.45, 2.75) is 30.7 Å². The van der Waals surface area contributed by atoms with Crippen molar-refractivity contribution >= 4 is 45.6 Å². The van der Waals surface area contributed by atoms with E-state index in [0.29, 0.717) is 18.0 Å². The summed E-state index contributed by atoms with van der Waals surface area (Å²) < 4.78 is 27.6. The molecule has 1 aromatic heterocycles. The maximum atomic E-state index is 13.0. The van der Waals surface area contributed by atoms with Crippen LogP contribution in [0.4, 0.5) is 0 Å². The summed E-state index contributed by atoms with van der Waals surface area (Å²) in [5, 5.41) is 5.15. The number of fused-ring (bicyclic) bond motifs is 1. The summed E-state index contributed by atoms with van der Waals surface area (Å²) in [5.41, 5.74) is 0. The molecule has 2 aromatic rings. The Morgan fingerprint density at radius 2 is 1.96 bits per heavy atom. The van der Waals surface area contributed by atoms with Crippen molar-refractivity contribution in [2.24, 2.45) is 0 Å². The van der Waals surface area contributed by atoms with E-state index < -0.39 is 10.0 Å². The number of nitrogens with one attached hydrogen (secondary N) is 1. The first-order chi connectivity index (χ1) is 10.6. The van der Waals surface area contributed by atoms with Gasteiger partial charge < -0.3 is 5.32 Å². The summed E-state index contributed by atoms with van der Waals surface area (Å²) in [7, 11) is -3.47. The average Bonchev–Trinajstić information content (AvgIpc) is 2.50. The lowest BCUT2D eigenvalue weighted by Crippen LogP contribution is -2.46. The molecule has 2 heterocycles. The van der Waals surface area contributed by atoms with Crippen molar-refractivity contribution < 1.29 is 8.42 Å². The molecule has 5 nitrogen and oxygen atoms in total. The number of sulfonamides is 1. The molecule has 134 valence electrons. The van der Waals surface area contributed by atoms with Crippen molar-refractivity contribution in [3.05, 3.63) is 36.7 Å². The van der Waals surface area contributed by atoms with Gasteiger partial charge in [0.2, 0.25) is 10.0 Å². The van der Waals surface area contributed by atoms with Gasteiger partial charge in [-0.3, -0.25) is 4.98 Å². The van der Waals surface area contributed by atoms with Crippen molar-refractivity contribution in [2.75, 3.05) is 19.6 Å². The zero-order chi connectivity index (χ0) is 15.6. The fourth-order valence-electron chi connectivity index (χ4n) is 2.87. The molecular formula is C16H23Cl2N3O2S. The topological polar surface area (TPSA) is 62.3 Å². The van der Waals surface area contributed by atoms with E-state index in [0.717, 1.165) is 30.2 Å². The molecule has 1 aliphatic rings. The van der Waals surface area contributed by atoms with E-state index in [1.807, 2.05) is 19.1 Å². The molecule has 0 radical (unpaired) electrons. The van der Waals surface area contributed by atoms with Gasteiger partial charge in [0, 0.05) is 36.9 Å². The molecule has 1 saturated heterocycles. The highest BCUT2D eigenvalue weighted by molar-refractivity contribution is 7.89. The molecular weight excluding hydrogens is 369 g/mol. The molecule has 1 aromatic carbocycles. The van der Waals surface area contributed by atoms with Crippen LogP contribution in [0.15, 0.2) is 41.6 Å². The van der Waals surface area contributed by atoms with Gasteiger partial charge in [0.05, 0.1) is 4.90 Å². The Morgan fingerprint density at radius 3 is 2.75 bits per heavy atom. The smallest absolute Gasteiger partial charge is 0.243 e. The van der Waals surface area contributed by atoms with Crippen LogP contribution < -0.4 is 5.32 Å². The summed E-state index contributed by atoms with van der Waals surface area (Å²) in [6.07, 6.45) is 5.31. The second-order valence-electron chi connectivity index (χ2n) is 5.76. The number of pyridine rings is 1. The summed E-state index contributed by atoms with van der Waals surface area (Å²) in [6, 6.07) is 7.04. The monoisotopic (exact) mass is 391 g/mol. The molecule has 24 heavy (non-hydrogen) atoms. The number of hydrogen-bond acceptors (Lipinski definition) is 4. The first-order valence-corrected chi connectivity index (χ1v) is 9.09. The van der Waals surface area contributed by atoms with Crippen LogP contribution in [0.1, 0.15) is 19.8 Å². The van der Waals surface area contributed by atoms with Crippen LogP contribution in [0.2, 0.25) is 0 Å². The standard InChI is InChI=1S/C16H21N3O2S.2ClH/c1-13-11-17-7-2-3-9-19(13)22(20,21)16-5-4-15-12-18-8-6-14(15)10-16;;/h4-6,8,10,12-13,17H,2-3,7,9,11H2,1H3;2*1H. The molecule has 1 aliphatic heterocycles. The third-order valence-electron chi connectivity index (χ3n) is 4.13. The summed E-state index contributed by atoms with van der Waals surface area (Å²) >= 11 is 0. The number of aromatic nitrogens is 1. The molecule has 1 N–H and O–H groups in total. The maximum absolute atomic E-state index is 13.0. The van der Waals surface area contributed by atoms with E-state index in [4.69, 9.17) is 0 Å². The van der Waals surface area contributed by atoms with Gasteiger partial charge in [0.1, 0.15) is 0 Å². The molecule has 0 spiro atoms. The molecule has 0 amide bonds. The van der Waals surface area contributed by atoms with E-state index in [2.05, 4.69) is 10.3 Å². The lowest BCUT2D eigenvalue weighted by atomic mass is 10.2. The lowest BCUT2D eigenvalue weighted by molar-refractivity contribution is 0.301. The van der Waals surface area contributed by atoms with Crippen molar-refractivity contribution in [3.8, 4) is 0 Å². The first kappa shape index (κ1) is 21.1. The van der Waals surface area contributed by atoms with Crippen LogP contribution in [0.5, 0.6) is 0 Å². The minimum atomic E-state index is -3.47. The average molecular weight is 392 g/mol.